The van der Waals surface area contributed by atoms with Gasteiger partial charge < -0.3 is 14.7 Å². The molecule has 0 radical (unpaired) electrons. The summed E-state index contributed by atoms with van der Waals surface area (Å²) < 4.78 is 5.53. The van der Waals surface area contributed by atoms with Crippen LogP contribution in [0, 0.1) is 5.92 Å². The molecule has 0 aliphatic carbocycles. The number of benzene rings is 1. The molecule has 5 nitrogen and oxygen atoms in total. The Morgan fingerprint density at radius 3 is 2.50 bits per heavy atom. The largest absolute Gasteiger partial charge is 0.481 e. The van der Waals surface area contributed by atoms with Crippen LogP contribution in [0.5, 0.6) is 0 Å². The summed E-state index contributed by atoms with van der Waals surface area (Å²) >= 11 is 0. The molecule has 0 spiro atoms. The van der Waals surface area contributed by atoms with Crippen molar-refractivity contribution >= 4 is 11.9 Å². The molecule has 1 aliphatic rings. The van der Waals surface area contributed by atoms with E-state index in [-0.39, 0.29) is 18.2 Å². The van der Waals surface area contributed by atoms with Crippen LogP contribution in [0.2, 0.25) is 0 Å². The molecule has 0 saturated carbocycles. The standard InChI is InChI=1S/C17H23NO4/c19-16(8-11-22-13-15-4-2-1-3-5-15)18-9-6-14(7-10-18)12-17(20)21/h1-5,14H,6-13H2,(H,20,21). The Hall–Kier alpha value is -1.88. The average molecular weight is 305 g/mol. The lowest BCUT2D eigenvalue weighted by atomic mass is 9.93. The van der Waals surface area contributed by atoms with Gasteiger partial charge in [-0.1, -0.05) is 30.3 Å². The van der Waals surface area contributed by atoms with Gasteiger partial charge in [0.2, 0.25) is 5.91 Å². The van der Waals surface area contributed by atoms with Crippen LogP contribution in [0.4, 0.5) is 0 Å². The summed E-state index contributed by atoms with van der Waals surface area (Å²) in [6.45, 7) is 2.27. The number of likely N-dealkylation sites (tertiary alicyclic amines) is 1. The third-order valence-electron chi connectivity index (χ3n) is 4.00. The number of rotatable bonds is 7. The van der Waals surface area contributed by atoms with Crippen molar-refractivity contribution < 1.29 is 19.4 Å². The number of aliphatic carboxylic acids is 1. The van der Waals surface area contributed by atoms with Gasteiger partial charge in [-0.15, -0.1) is 0 Å². The molecule has 0 bridgehead atoms. The number of nitrogens with zero attached hydrogens (tertiary/aromatic N) is 1. The molecule has 2 rings (SSSR count). The molecule has 120 valence electrons. The Bertz CT molecular complexity index is 481. The van der Waals surface area contributed by atoms with E-state index in [2.05, 4.69) is 0 Å². The zero-order valence-electron chi connectivity index (χ0n) is 12.7. The molecule has 1 N–H and O–H groups in total. The van der Waals surface area contributed by atoms with Gasteiger partial charge in [-0.2, -0.15) is 0 Å². The lowest BCUT2D eigenvalue weighted by Gasteiger charge is -2.31. The fourth-order valence-electron chi connectivity index (χ4n) is 2.72. The highest BCUT2D eigenvalue weighted by Gasteiger charge is 2.23. The molecule has 1 amide bonds. The van der Waals surface area contributed by atoms with E-state index in [0.29, 0.717) is 32.7 Å². The number of carboxylic acid groups (broad SMARTS) is 1. The van der Waals surface area contributed by atoms with E-state index in [1.165, 1.54) is 0 Å². The van der Waals surface area contributed by atoms with Crippen molar-refractivity contribution in [2.45, 2.75) is 32.3 Å². The average Bonchev–Trinajstić information content (AvgIpc) is 2.52. The molecular formula is C17H23NO4. The molecule has 1 aliphatic heterocycles. The van der Waals surface area contributed by atoms with Crippen molar-refractivity contribution in [3.8, 4) is 0 Å². The van der Waals surface area contributed by atoms with Crippen LogP contribution in [0.1, 0.15) is 31.2 Å². The smallest absolute Gasteiger partial charge is 0.303 e. The van der Waals surface area contributed by atoms with Crippen LogP contribution in [-0.4, -0.2) is 41.6 Å². The summed E-state index contributed by atoms with van der Waals surface area (Å²) in [5.41, 5.74) is 1.10. The van der Waals surface area contributed by atoms with Crippen molar-refractivity contribution in [3.63, 3.8) is 0 Å². The minimum atomic E-state index is -0.751. The summed E-state index contributed by atoms with van der Waals surface area (Å²) in [5.74, 6) is -0.447. The van der Waals surface area contributed by atoms with Crippen LogP contribution >= 0.6 is 0 Å². The zero-order valence-corrected chi connectivity index (χ0v) is 12.7. The summed E-state index contributed by atoms with van der Waals surface area (Å²) in [6, 6.07) is 9.88. The number of piperidine rings is 1. The van der Waals surface area contributed by atoms with E-state index < -0.39 is 5.97 Å². The fourth-order valence-corrected chi connectivity index (χ4v) is 2.72. The molecule has 1 heterocycles. The minimum absolute atomic E-state index is 0.0989. The third-order valence-corrected chi connectivity index (χ3v) is 4.00. The highest BCUT2D eigenvalue weighted by atomic mass is 16.5. The maximum Gasteiger partial charge on any atom is 0.303 e. The fraction of sp³-hybridized carbons (Fsp3) is 0.529. The summed E-state index contributed by atoms with van der Waals surface area (Å²) in [7, 11) is 0. The second kappa shape index (κ2) is 8.54. The van der Waals surface area contributed by atoms with Gasteiger partial charge in [-0.05, 0) is 24.3 Å². The quantitative estimate of drug-likeness (QED) is 0.785. The van der Waals surface area contributed by atoms with Gasteiger partial charge >= 0.3 is 5.97 Å². The first-order valence-corrected chi connectivity index (χ1v) is 7.76. The van der Waals surface area contributed by atoms with Crippen molar-refractivity contribution in [3.05, 3.63) is 35.9 Å². The van der Waals surface area contributed by atoms with Crippen molar-refractivity contribution in [1.29, 1.82) is 0 Å². The molecule has 0 unspecified atom stereocenters. The number of hydrogen-bond donors (Lipinski definition) is 1. The highest BCUT2D eigenvalue weighted by Crippen LogP contribution is 2.20. The first-order chi connectivity index (χ1) is 10.6. The lowest BCUT2D eigenvalue weighted by Crippen LogP contribution is -2.39. The maximum atomic E-state index is 12.1. The first-order valence-electron chi connectivity index (χ1n) is 7.76. The predicted molar refractivity (Wildman–Crippen MR) is 82.3 cm³/mol. The number of carbonyl (C=O) groups excluding carboxylic acids is 1. The topological polar surface area (TPSA) is 66.8 Å². The molecule has 1 fully saturated rings. The molecular weight excluding hydrogens is 282 g/mol. The Balaban J connectivity index is 1.61. The molecule has 1 saturated heterocycles. The molecule has 0 aromatic heterocycles. The normalized spacial score (nSPS) is 15.7. The van der Waals surface area contributed by atoms with Crippen molar-refractivity contribution in [2.75, 3.05) is 19.7 Å². The summed E-state index contributed by atoms with van der Waals surface area (Å²) in [5, 5.41) is 8.78. The predicted octanol–water partition coefficient (Wildman–Crippen LogP) is 2.31. The van der Waals surface area contributed by atoms with E-state index in [1.54, 1.807) is 0 Å². The van der Waals surface area contributed by atoms with Gasteiger partial charge in [-0.3, -0.25) is 9.59 Å². The SMILES string of the molecule is O=C(O)CC1CCN(C(=O)CCOCc2ccccc2)CC1. The highest BCUT2D eigenvalue weighted by molar-refractivity contribution is 5.76. The Labute approximate surface area is 130 Å². The van der Waals surface area contributed by atoms with Crippen LogP contribution in [0.25, 0.3) is 0 Å². The lowest BCUT2D eigenvalue weighted by molar-refractivity contribution is -0.138. The van der Waals surface area contributed by atoms with Crippen LogP contribution in [-0.2, 0) is 20.9 Å². The molecule has 5 heteroatoms. The molecule has 22 heavy (non-hydrogen) atoms. The first kappa shape index (κ1) is 16.5. The van der Waals surface area contributed by atoms with Gasteiger partial charge in [0.15, 0.2) is 0 Å². The van der Waals surface area contributed by atoms with E-state index >= 15 is 0 Å². The van der Waals surface area contributed by atoms with Crippen LogP contribution < -0.4 is 0 Å². The second-order valence-electron chi connectivity index (χ2n) is 5.71. The monoisotopic (exact) mass is 305 g/mol. The van der Waals surface area contributed by atoms with E-state index in [0.717, 1.165) is 18.4 Å². The number of carbonyl (C=O) groups is 2. The summed E-state index contributed by atoms with van der Waals surface area (Å²) in [6.07, 6.45) is 2.16. The number of amides is 1. The van der Waals surface area contributed by atoms with E-state index in [4.69, 9.17) is 9.84 Å². The van der Waals surface area contributed by atoms with Gasteiger partial charge in [0.1, 0.15) is 0 Å². The number of ether oxygens (including phenoxy) is 1. The van der Waals surface area contributed by atoms with E-state index in [9.17, 15) is 9.59 Å². The minimum Gasteiger partial charge on any atom is -0.481 e. The zero-order chi connectivity index (χ0) is 15.8. The Morgan fingerprint density at radius 2 is 1.86 bits per heavy atom. The van der Waals surface area contributed by atoms with Gasteiger partial charge in [0.25, 0.3) is 0 Å². The van der Waals surface area contributed by atoms with Crippen molar-refractivity contribution in [2.24, 2.45) is 5.92 Å². The van der Waals surface area contributed by atoms with Gasteiger partial charge in [0.05, 0.1) is 19.6 Å². The van der Waals surface area contributed by atoms with Crippen molar-refractivity contribution in [1.82, 2.24) is 4.90 Å². The maximum absolute atomic E-state index is 12.1. The third kappa shape index (κ3) is 5.48. The molecule has 1 aromatic rings. The Kier molecular flexibility index (Phi) is 6.40. The number of carboxylic acids is 1. The summed E-state index contributed by atoms with van der Waals surface area (Å²) in [4.78, 5) is 24.6. The van der Waals surface area contributed by atoms with Gasteiger partial charge in [-0.25, -0.2) is 0 Å². The van der Waals surface area contributed by atoms with Crippen LogP contribution in [0.3, 0.4) is 0 Å². The van der Waals surface area contributed by atoms with E-state index in [1.807, 2.05) is 35.2 Å². The molecule has 1 aromatic carbocycles. The van der Waals surface area contributed by atoms with Gasteiger partial charge in [0, 0.05) is 19.5 Å². The second-order valence-corrected chi connectivity index (χ2v) is 5.71. The Morgan fingerprint density at radius 1 is 1.18 bits per heavy atom. The number of hydrogen-bond acceptors (Lipinski definition) is 3. The molecule has 0 atom stereocenters. The van der Waals surface area contributed by atoms with Crippen LogP contribution in [0.15, 0.2) is 30.3 Å².